The number of anilines is 1. The van der Waals surface area contributed by atoms with Crippen LogP contribution in [0.3, 0.4) is 0 Å². The minimum Gasteiger partial charge on any atom is -0.497 e. The van der Waals surface area contributed by atoms with E-state index in [-0.39, 0.29) is 5.91 Å². The second kappa shape index (κ2) is 9.64. The molecule has 0 aliphatic rings. The van der Waals surface area contributed by atoms with E-state index in [0.29, 0.717) is 17.0 Å². The van der Waals surface area contributed by atoms with Crippen LogP contribution in [-0.2, 0) is 9.53 Å². The number of ether oxygens (including phenoxy) is 2. The summed E-state index contributed by atoms with van der Waals surface area (Å²) in [7, 11) is 2.99. The van der Waals surface area contributed by atoms with Crippen LogP contribution >= 0.6 is 23.1 Å². The maximum absolute atomic E-state index is 12.2. The van der Waals surface area contributed by atoms with E-state index in [2.05, 4.69) is 5.32 Å². The molecular formula is C19H23NO4S2. The predicted octanol–water partition coefficient (Wildman–Crippen LogP) is 4.67. The van der Waals surface area contributed by atoms with Crippen molar-refractivity contribution in [3.8, 4) is 5.75 Å². The Balaban J connectivity index is 1.83. The summed E-state index contributed by atoms with van der Waals surface area (Å²) in [5.74, 6) is 1.16. The molecule has 2 aromatic rings. The van der Waals surface area contributed by atoms with Crippen LogP contribution < -0.4 is 10.1 Å². The minimum atomic E-state index is -0.419. The molecule has 1 heterocycles. The molecule has 0 saturated carbocycles. The van der Waals surface area contributed by atoms with Crippen molar-refractivity contribution in [1.82, 2.24) is 0 Å². The average molecular weight is 394 g/mol. The first-order valence-corrected chi connectivity index (χ1v) is 10.0. The van der Waals surface area contributed by atoms with Gasteiger partial charge in [-0.15, -0.1) is 23.1 Å². The van der Waals surface area contributed by atoms with Crippen LogP contribution in [0.2, 0.25) is 0 Å². The van der Waals surface area contributed by atoms with E-state index in [4.69, 9.17) is 9.47 Å². The fourth-order valence-corrected chi connectivity index (χ4v) is 4.26. The third-order valence-corrected chi connectivity index (χ3v) is 6.13. The van der Waals surface area contributed by atoms with Gasteiger partial charge in [0.05, 0.1) is 19.8 Å². The molecule has 7 heteroatoms. The SMILES string of the molecule is COC(=O)c1c(NC(=O)CCCSc2ccc(OC)cc2)sc(C)c1C. The third kappa shape index (κ3) is 5.25. The third-order valence-electron chi connectivity index (χ3n) is 3.90. The molecule has 26 heavy (non-hydrogen) atoms. The van der Waals surface area contributed by atoms with Crippen molar-refractivity contribution in [3.63, 3.8) is 0 Å². The minimum absolute atomic E-state index is 0.0910. The normalized spacial score (nSPS) is 10.5. The second-order valence-electron chi connectivity index (χ2n) is 5.65. The average Bonchev–Trinajstić information content (AvgIpc) is 2.92. The van der Waals surface area contributed by atoms with Crippen molar-refractivity contribution >= 4 is 40.0 Å². The summed E-state index contributed by atoms with van der Waals surface area (Å²) in [6.07, 6.45) is 1.15. The second-order valence-corrected chi connectivity index (χ2v) is 8.05. The summed E-state index contributed by atoms with van der Waals surface area (Å²) in [5, 5.41) is 3.42. The molecule has 1 aromatic carbocycles. The summed E-state index contributed by atoms with van der Waals surface area (Å²) >= 11 is 3.10. The highest BCUT2D eigenvalue weighted by Crippen LogP contribution is 2.33. The molecule has 0 bridgehead atoms. The first-order chi connectivity index (χ1) is 12.5. The largest absolute Gasteiger partial charge is 0.497 e. The highest BCUT2D eigenvalue weighted by Gasteiger charge is 2.21. The number of carbonyl (C=O) groups is 2. The molecule has 0 aliphatic heterocycles. The Kier molecular flexibility index (Phi) is 7.53. The lowest BCUT2D eigenvalue weighted by Gasteiger charge is -2.06. The van der Waals surface area contributed by atoms with Crippen LogP contribution in [0.5, 0.6) is 5.75 Å². The quantitative estimate of drug-likeness (QED) is 0.401. The van der Waals surface area contributed by atoms with Gasteiger partial charge in [0, 0.05) is 16.2 Å². The van der Waals surface area contributed by atoms with Crippen LogP contribution in [0.15, 0.2) is 29.2 Å². The number of hydrogen-bond acceptors (Lipinski definition) is 6. The smallest absolute Gasteiger partial charge is 0.341 e. The van der Waals surface area contributed by atoms with E-state index in [1.54, 1.807) is 18.9 Å². The number of esters is 1. The fraction of sp³-hybridized carbons (Fsp3) is 0.368. The highest BCUT2D eigenvalue weighted by molar-refractivity contribution is 7.99. The van der Waals surface area contributed by atoms with Gasteiger partial charge in [-0.25, -0.2) is 4.79 Å². The Hall–Kier alpha value is -1.99. The van der Waals surface area contributed by atoms with Gasteiger partial charge in [0.1, 0.15) is 10.8 Å². The number of hydrogen-bond donors (Lipinski definition) is 1. The van der Waals surface area contributed by atoms with E-state index in [1.807, 2.05) is 38.1 Å². The van der Waals surface area contributed by atoms with Crippen molar-refractivity contribution in [3.05, 3.63) is 40.3 Å². The monoisotopic (exact) mass is 393 g/mol. The van der Waals surface area contributed by atoms with Crippen molar-refractivity contribution in [1.29, 1.82) is 0 Å². The molecule has 0 atom stereocenters. The van der Waals surface area contributed by atoms with Gasteiger partial charge < -0.3 is 14.8 Å². The lowest BCUT2D eigenvalue weighted by atomic mass is 10.1. The van der Waals surface area contributed by atoms with Gasteiger partial charge >= 0.3 is 5.97 Å². The van der Waals surface area contributed by atoms with E-state index in [0.717, 1.165) is 33.3 Å². The van der Waals surface area contributed by atoms with E-state index < -0.39 is 5.97 Å². The molecule has 0 spiro atoms. The number of methoxy groups -OCH3 is 2. The number of benzene rings is 1. The molecule has 0 unspecified atom stereocenters. The number of amides is 1. The lowest BCUT2D eigenvalue weighted by molar-refractivity contribution is -0.116. The molecule has 2 rings (SSSR count). The Bertz CT molecular complexity index is 769. The summed E-state index contributed by atoms with van der Waals surface area (Å²) in [6.45, 7) is 3.78. The summed E-state index contributed by atoms with van der Waals surface area (Å²) in [6, 6.07) is 7.85. The van der Waals surface area contributed by atoms with Gasteiger partial charge in [0.15, 0.2) is 0 Å². The van der Waals surface area contributed by atoms with Crippen molar-refractivity contribution in [2.24, 2.45) is 0 Å². The fourth-order valence-electron chi connectivity index (χ4n) is 2.35. The van der Waals surface area contributed by atoms with E-state index in [9.17, 15) is 9.59 Å². The zero-order valence-electron chi connectivity index (χ0n) is 15.4. The molecular weight excluding hydrogens is 370 g/mol. The van der Waals surface area contributed by atoms with Crippen molar-refractivity contribution < 1.29 is 19.1 Å². The number of carbonyl (C=O) groups excluding carboxylic acids is 2. The number of thioether (sulfide) groups is 1. The van der Waals surface area contributed by atoms with E-state index in [1.165, 1.54) is 18.4 Å². The molecule has 140 valence electrons. The first kappa shape index (κ1) is 20.3. The van der Waals surface area contributed by atoms with Crippen LogP contribution in [-0.4, -0.2) is 31.8 Å². The number of nitrogens with one attached hydrogen (secondary N) is 1. The molecule has 5 nitrogen and oxygen atoms in total. The standard InChI is InChI=1S/C19H23NO4S2/c1-12-13(2)26-18(17(12)19(22)24-4)20-16(21)6-5-11-25-15-9-7-14(23-3)8-10-15/h7-10H,5-6,11H2,1-4H3,(H,20,21). The number of thiophene rings is 1. The van der Waals surface area contributed by atoms with E-state index >= 15 is 0 Å². The van der Waals surface area contributed by atoms with Gasteiger partial charge in [0.25, 0.3) is 0 Å². The molecule has 0 aliphatic carbocycles. The summed E-state index contributed by atoms with van der Waals surface area (Å²) < 4.78 is 9.95. The Morgan fingerprint density at radius 2 is 1.85 bits per heavy atom. The number of rotatable bonds is 8. The highest BCUT2D eigenvalue weighted by atomic mass is 32.2. The Labute approximate surface area is 162 Å². The number of aryl methyl sites for hydroxylation is 1. The molecule has 0 fully saturated rings. The van der Waals surface area contributed by atoms with Crippen LogP contribution in [0, 0.1) is 13.8 Å². The lowest BCUT2D eigenvalue weighted by Crippen LogP contribution is -2.14. The molecule has 0 saturated heterocycles. The van der Waals surface area contributed by atoms with Crippen molar-refractivity contribution in [2.75, 3.05) is 25.3 Å². The maximum atomic E-state index is 12.2. The summed E-state index contributed by atoms with van der Waals surface area (Å²) in [4.78, 5) is 26.3. The maximum Gasteiger partial charge on any atom is 0.341 e. The topological polar surface area (TPSA) is 64.6 Å². The molecule has 0 radical (unpaired) electrons. The predicted molar refractivity (Wildman–Crippen MR) is 107 cm³/mol. The Morgan fingerprint density at radius 1 is 1.15 bits per heavy atom. The Morgan fingerprint density at radius 3 is 2.46 bits per heavy atom. The zero-order valence-corrected chi connectivity index (χ0v) is 17.0. The van der Waals surface area contributed by atoms with Crippen molar-refractivity contribution in [2.45, 2.75) is 31.6 Å². The van der Waals surface area contributed by atoms with Gasteiger partial charge in [0.2, 0.25) is 5.91 Å². The first-order valence-electron chi connectivity index (χ1n) is 8.21. The van der Waals surface area contributed by atoms with Crippen LogP contribution in [0.4, 0.5) is 5.00 Å². The van der Waals surface area contributed by atoms with Crippen LogP contribution in [0.1, 0.15) is 33.6 Å². The molecule has 1 N–H and O–H groups in total. The molecule has 1 aromatic heterocycles. The van der Waals surface area contributed by atoms with Gasteiger partial charge in [-0.2, -0.15) is 0 Å². The van der Waals surface area contributed by atoms with Gasteiger partial charge in [-0.3, -0.25) is 4.79 Å². The van der Waals surface area contributed by atoms with Gasteiger partial charge in [-0.1, -0.05) is 0 Å². The zero-order chi connectivity index (χ0) is 19.1. The van der Waals surface area contributed by atoms with Crippen LogP contribution in [0.25, 0.3) is 0 Å². The molecule has 1 amide bonds. The van der Waals surface area contributed by atoms with Gasteiger partial charge in [-0.05, 0) is 55.9 Å². The summed E-state index contributed by atoms with van der Waals surface area (Å²) in [5.41, 5.74) is 1.31.